The van der Waals surface area contributed by atoms with Gasteiger partial charge in [-0.2, -0.15) is 0 Å². The topological polar surface area (TPSA) is 29.5 Å². The number of fused-ring (bicyclic) bond motifs is 1. The van der Waals surface area contributed by atoms with Crippen LogP contribution in [-0.2, 0) is 11.2 Å². The smallest absolute Gasteiger partial charge is 0.261 e. The molecule has 0 heterocycles. The quantitative estimate of drug-likeness (QED) is 0.776. The van der Waals surface area contributed by atoms with E-state index in [4.69, 9.17) is 4.74 Å². The van der Waals surface area contributed by atoms with Crippen LogP contribution >= 0.6 is 0 Å². The average Bonchev–Trinajstić information content (AvgIpc) is 2.44. The van der Waals surface area contributed by atoms with Crippen LogP contribution in [-0.4, -0.2) is 30.8 Å². The van der Waals surface area contributed by atoms with Crippen molar-refractivity contribution in [2.24, 2.45) is 0 Å². The normalized spacial score (nSPS) is 19.9. The number of alkyl halides is 2. The predicted molar refractivity (Wildman–Crippen MR) is 74.2 cm³/mol. The van der Waals surface area contributed by atoms with Gasteiger partial charge in [0.05, 0.1) is 6.10 Å². The van der Waals surface area contributed by atoms with Crippen LogP contribution in [0.15, 0.2) is 24.3 Å². The van der Waals surface area contributed by atoms with E-state index in [9.17, 15) is 13.9 Å². The molecule has 0 saturated carbocycles. The largest absolute Gasteiger partial charge is 0.393 e. The third-order valence-corrected chi connectivity index (χ3v) is 3.89. The molecule has 0 aromatic heterocycles. The van der Waals surface area contributed by atoms with Gasteiger partial charge in [-0.3, -0.25) is 0 Å². The lowest BCUT2D eigenvalue weighted by Gasteiger charge is -2.27. The number of aliphatic hydroxyl groups excluding tert-OH is 1. The molecule has 0 radical (unpaired) electrons. The lowest BCUT2D eigenvalue weighted by atomic mass is 9.80. The maximum Gasteiger partial charge on any atom is 0.261 e. The van der Waals surface area contributed by atoms with Crippen LogP contribution in [0.2, 0.25) is 0 Å². The van der Waals surface area contributed by atoms with Gasteiger partial charge in [-0.05, 0) is 49.1 Å². The summed E-state index contributed by atoms with van der Waals surface area (Å²) in [4.78, 5) is 0. The van der Waals surface area contributed by atoms with E-state index >= 15 is 0 Å². The van der Waals surface area contributed by atoms with Crippen LogP contribution in [0.3, 0.4) is 0 Å². The maximum absolute atomic E-state index is 11.9. The van der Waals surface area contributed by atoms with E-state index in [1.54, 1.807) is 0 Å². The number of ether oxygens (including phenoxy) is 1. The van der Waals surface area contributed by atoms with Gasteiger partial charge in [-0.15, -0.1) is 0 Å². The van der Waals surface area contributed by atoms with Crippen LogP contribution in [0.4, 0.5) is 8.78 Å². The summed E-state index contributed by atoms with van der Waals surface area (Å²) in [5.41, 5.74) is 2.72. The summed E-state index contributed by atoms with van der Waals surface area (Å²) in [6, 6.07) is 8.38. The van der Waals surface area contributed by atoms with Gasteiger partial charge in [0.2, 0.25) is 0 Å². The zero-order valence-corrected chi connectivity index (χ0v) is 11.6. The van der Waals surface area contributed by atoms with Crippen LogP contribution < -0.4 is 0 Å². The van der Waals surface area contributed by atoms with E-state index in [-0.39, 0.29) is 6.61 Å². The fraction of sp³-hybridized carbons (Fsp3) is 0.625. The molecule has 2 unspecified atom stereocenters. The highest BCUT2D eigenvalue weighted by Crippen LogP contribution is 2.34. The number of hydrogen-bond acceptors (Lipinski definition) is 2. The molecule has 0 amide bonds. The Morgan fingerprint density at radius 1 is 1.30 bits per heavy atom. The van der Waals surface area contributed by atoms with Crippen LogP contribution in [0.5, 0.6) is 0 Å². The van der Waals surface area contributed by atoms with Crippen molar-refractivity contribution in [2.45, 2.75) is 50.6 Å². The van der Waals surface area contributed by atoms with Crippen molar-refractivity contribution in [1.82, 2.24) is 0 Å². The molecule has 20 heavy (non-hydrogen) atoms. The number of rotatable bonds is 7. The van der Waals surface area contributed by atoms with E-state index in [2.05, 4.69) is 18.2 Å². The first-order valence-corrected chi connectivity index (χ1v) is 7.28. The summed E-state index contributed by atoms with van der Waals surface area (Å²) in [5.74, 6) is 0.380. The maximum atomic E-state index is 11.9. The number of aliphatic hydroxyl groups is 1. The Hall–Kier alpha value is -1.00. The van der Waals surface area contributed by atoms with Gasteiger partial charge < -0.3 is 9.84 Å². The number of benzene rings is 1. The molecular weight excluding hydrogens is 262 g/mol. The molecule has 1 aromatic rings. The van der Waals surface area contributed by atoms with E-state index in [0.717, 1.165) is 19.3 Å². The lowest BCUT2D eigenvalue weighted by molar-refractivity contribution is 0.00336. The van der Waals surface area contributed by atoms with E-state index < -0.39 is 19.1 Å². The second-order valence-electron chi connectivity index (χ2n) is 5.43. The molecule has 0 bridgehead atoms. The summed E-state index contributed by atoms with van der Waals surface area (Å²) >= 11 is 0. The van der Waals surface area contributed by atoms with Gasteiger partial charge in [0.25, 0.3) is 6.43 Å². The molecule has 1 aromatic carbocycles. The van der Waals surface area contributed by atoms with Crippen molar-refractivity contribution >= 4 is 0 Å². The third-order valence-electron chi connectivity index (χ3n) is 3.89. The summed E-state index contributed by atoms with van der Waals surface area (Å²) in [6.07, 6.45) is 1.55. The Balaban J connectivity index is 1.79. The standard InChI is InChI=1S/C16H22F2O2/c17-16(18)11-20-9-8-14(19)10-13-6-3-5-12-4-1-2-7-15(12)13/h1-2,4,7,13-14,16,19H,3,5-6,8-11H2. The van der Waals surface area contributed by atoms with Gasteiger partial charge in [0, 0.05) is 6.61 Å². The van der Waals surface area contributed by atoms with Gasteiger partial charge >= 0.3 is 0 Å². The van der Waals surface area contributed by atoms with E-state index in [1.165, 1.54) is 11.1 Å². The second-order valence-corrected chi connectivity index (χ2v) is 5.43. The zero-order valence-electron chi connectivity index (χ0n) is 11.6. The molecule has 2 rings (SSSR count). The number of halogens is 2. The Morgan fingerprint density at radius 3 is 2.90 bits per heavy atom. The fourth-order valence-corrected chi connectivity index (χ4v) is 2.94. The average molecular weight is 284 g/mol. The zero-order chi connectivity index (χ0) is 14.4. The molecule has 1 aliphatic carbocycles. The molecule has 1 N–H and O–H groups in total. The van der Waals surface area contributed by atoms with Crippen molar-refractivity contribution < 1.29 is 18.6 Å². The number of aryl methyl sites for hydroxylation is 1. The molecule has 0 spiro atoms. The molecule has 0 saturated heterocycles. The van der Waals surface area contributed by atoms with Gasteiger partial charge in [0.15, 0.2) is 0 Å². The summed E-state index contributed by atoms with van der Waals surface area (Å²) < 4.78 is 28.6. The highest BCUT2D eigenvalue weighted by atomic mass is 19.3. The molecule has 4 heteroatoms. The molecule has 0 aliphatic heterocycles. The van der Waals surface area contributed by atoms with Crippen molar-refractivity contribution in [3.8, 4) is 0 Å². The van der Waals surface area contributed by atoms with Crippen molar-refractivity contribution in [3.63, 3.8) is 0 Å². The molecule has 1 aliphatic rings. The summed E-state index contributed by atoms with van der Waals surface area (Å²) in [6.45, 7) is -0.348. The van der Waals surface area contributed by atoms with Crippen LogP contribution in [0.25, 0.3) is 0 Å². The minimum absolute atomic E-state index is 0.194. The molecule has 112 valence electrons. The first-order valence-electron chi connectivity index (χ1n) is 7.28. The highest BCUT2D eigenvalue weighted by Gasteiger charge is 2.22. The fourth-order valence-electron chi connectivity index (χ4n) is 2.94. The van der Waals surface area contributed by atoms with Crippen molar-refractivity contribution in [3.05, 3.63) is 35.4 Å². The van der Waals surface area contributed by atoms with Gasteiger partial charge in [0.1, 0.15) is 6.61 Å². The van der Waals surface area contributed by atoms with Crippen LogP contribution in [0.1, 0.15) is 42.7 Å². The van der Waals surface area contributed by atoms with Gasteiger partial charge in [-0.25, -0.2) is 8.78 Å². The predicted octanol–water partition coefficient (Wildman–Crippen LogP) is 3.53. The first-order chi connectivity index (χ1) is 9.66. The number of hydrogen-bond donors (Lipinski definition) is 1. The summed E-state index contributed by atoms with van der Waals surface area (Å²) in [5, 5.41) is 10.0. The van der Waals surface area contributed by atoms with Crippen molar-refractivity contribution in [2.75, 3.05) is 13.2 Å². The minimum atomic E-state index is -2.43. The van der Waals surface area contributed by atoms with E-state index in [1.807, 2.05) is 6.07 Å². The molecule has 2 nitrogen and oxygen atoms in total. The Morgan fingerprint density at radius 2 is 2.10 bits per heavy atom. The van der Waals surface area contributed by atoms with Crippen LogP contribution in [0, 0.1) is 0 Å². The first kappa shape index (κ1) is 15.4. The Labute approximate surface area is 118 Å². The SMILES string of the molecule is OC(CCOCC(F)F)CC1CCCc2ccccc21. The Bertz CT molecular complexity index is 409. The monoisotopic (exact) mass is 284 g/mol. The third kappa shape index (κ3) is 4.53. The summed E-state index contributed by atoms with van der Waals surface area (Å²) in [7, 11) is 0. The highest BCUT2D eigenvalue weighted by molar-refractivity contribution is 5.32. The van der Waals surface area contributed by atoms with Crippen molar-refractivity contribution in [1.29, 1.82) is 0 Å². The lowest BCUT2D eigenvalue weighted by Crippen LogP contribution is -2.19. The van der Waals surface area contributed by atoms with Gasteiger partial charge in [-0.1, -0.05) is 24.3 Å². The molecular formula is C16H22F2O2. The molecule has 2 atom stereocenters. The molecule has 0 fully saturated rings. The Kier molecular flexibility index (Phi) is 5.92. The second kappa shape index (κ2) is 7.70. The minimum Gasteiger partial charge on any atom is -0.393 e. The van der Waals surface area contributed by atoms with E-state index in [0.29, 0.717) is 18.8 Å².